The van der Waals surface area contributed by atoms with Crippen molar-refractivity contribution in [1.29, 1.82) is 0 Å². The first kappa shape index (κ1) is 11.9. The molecule has 4 nitrogen and oxygen atoms in total. The molecule has 0 atom stereocenters. The van der Waals surface area contributed by atoms with Crippen molar-refractivity contribution in [1.82, 2.24) is 0 Å². The van der Waals surface area contributed by atoms with Gasteiger partial charge >= 0.3 is 118 Å². The topological polar surface area (TPSA) is 24.9 Å². The molecule has 104 valence electrons. The molecule has 0 unspecified atom stereocenters. The maximum atomic E-state index is 6.41. The van der Waals surface area contributed by atoms with Gasteiger partial charge in [0.05, 0.1) is 0 Å². The number of para-hydroxylation sites is 4. The van der Waals surface area contributed by atoms with Gasteiger partial charge in [0, 0.05) is 0 Å². The Bertz CT molecular complexity index is 661. The zero-order valence-electron chi connectivity index (χ0n) is 11.8. The molecular formula is C15H17N2O2P. The minimum absolute atomic E-state index is 0.819. The quantitative estimate of drug-likeness (QED) is 0.687. The van der Waals surface area contributed by atoms with Crippen molar-refractivity contribution in [2.24, 2.45) is 0 Å². The number of hydrogen-bond acceptors (Lipinski definition) is 4. The normalized spacial score (nSPS) is 22.4. The van der Waals surface area contributed by atoms with E-state index in [1.165, 1.54) is 0 Å². The van der Waals surface area contributed by atoms with E-state index in [0.717, 1.165) is 22.9 Å². The number of fused-ring (bicyclic) bond motifs is 2. The zero-order chi connectivity index (χ0) is 14.0. The fraction of sp³-hybridized carbons (Fsp3) is 0.200. The molecule has 0 saturated heterocycles. The third-order valence-corrected chi connectivity index (χ3v) is 8.79. The van der Waals surface area contributed by atoms with Crippen LogP contribution in [-0.2, 0) is 0 Å². The third-order valence-electron chi connectivity index (χ3n) is 4.40. The Hall–Kier alpha value is -1.93. The molecular weight excluding hydrogens is 271 g/mol. The molecule has 2 aliphatic heterocycles. The first-order valence-corrected chi connectivity index (χ1v) is 9.04. The Labute approximate surface area is 118 Å². The van der Waals surface area contributed by atoms with Crippen LogP contribution in [0.2, 0.25) is 0 Å². The Morgan fingerprint density at radius 2 is 1.15 bits per heavy atom. The first-order chi connectivity index (χ1) is 9.53. The maximum absolute atomic E-state index is 6.41. The average Bonchev–Trinajstić information content (AvgIpc) is 2.87. The van der Waals surface area contributed by atoms with E-state index < -0.39 is 7.36 Å². The molecule has 5 heteroatoms. The number of nitrogens with zero attached hydrogens (tertiary/aromatic N) is 2. The van der Waals surface area contributed by atoms with Crippen LogP contribution in [0.15, 0.2) is 48.5 Å². The van der Waals surface area contributed by atoms with Crippen LogP contribution in [0.5, 0.6) is 11.5 Å². The van der Waals surface area contributed by atoms with Crippen LogP contribution >= 0.6 is 7.36 Å². The van der Waals surface area contributed by atoms with Crippen LogP contribution in [0.25, 0.3) is 0 Å². The second-order valence-corrected chi connectivity index (χ2v) is 9.50. The molecule has 2 aromatic rings. The molecule has 0 aromatic heterocycles. The summed E-state index contributed by atoms with van der Waals surface area (Å²) in [6, 6.07) is 16.2. The summed E-state index contributed by atoms with van der Waals surface area (Å²) in [5.74, 6) is 1.64. The van der Waals surface area contributed by atoms with E-state index in [-0.39, 0.29) is 0 Å². The summed E-state index contributed by atoms with van der Waals surface area (Å²) in [7, 11) is 0.984. The van der Waals surface area contributed by atoms with Gasteiger partial charge in [-0.15, -0.1) is 0 Å². The van der Waals surface area contributed by atoms with Crippen molar-refractivity contribution in [3.8, 4) is 11.5 Å². The summed E-state index contributed by atoms with van der Waals surface area (Å²) < 4.78 is 17.2. The molecule has 0 bridgehead atoms. The van der Waals surface area contributed by atoms with Gasteiger partial charge in [0.2, 0.25) is 0 Å². The van der Waals surface area contributed by atoms with Crippen molar-refractivity contribution in [3.05, 3.63) is 48.5 Å². The molecule has 2 heterocycles. The SMILES string of the molecule is CN1c2ccccc2N(C)P12(C)Oc1ccccc1O2. The summed E-state index contributed by atoms with van der Waals surface area (Å²) in [6.45, 7) is 2.09. The van der Waals surface area contributed by atoms with Gasteiger partial charge in [0.25, 0.3) is 0 Å². The Balaban J connectivity index is 1.92. The predicted octanol–water partition coefficient (Wildman–Crippen LogP) is 3.89. The van der Waals surface area contributed by atoms with Crippen molar-refractivity contribution < 1.29 is 9.05 Å². The fourth-order valence-electron chi connectivity index (χ4n) is 3.02. The van der Waals surface area contributed by atoms with Crippen molar-refractivity contribution >= 4 is 18.7 Å². The van der Waals surface area contributed by atoms with Crippen LogP contribution in [-0.4, -0.2) is 20.8 Å². The summed E-state index contributed by atoms with van der Waals surface area (Å²) >= 11 is 0. The van der Waals surface area contributed by atoms with Gasteiger partial charge < -0.3 is 0 Å². The molecule has 1 spiro atoms. The average molecular weight is 288 g/mol. The van der Waals surface area contributed by atoms with E-state index in [1.54, 1.807) is 0 Å². The van der Waals surface area contributed by atoms with Crippen molar-refractivity contribution in [2.75, 3.05) is 30.1 Å². The summed E-state index contributed by atoms with van der Waals surface area (Å²) in [6.07, 6.45) is 0. The first-order valence-electron chi connectivity index (χ1n) is 6.62. The van der Waals surface area contributed by atoms with Crippen LogP contribution < -0.4 is 18.4 Å². The van der Waals surface area contributed by atoms with Crippen LogP contribution in [0.1, 0.15) is 0 Å². The van der Waals surface area contributed by atoms with E-state index in [9.17, 15) is 0 Å². The Morgan fingerprint density at radius 3 is 1.60 bits per heavy atom. The fourth-order valence-corrected chi connectivity index (χ4v) is 6.47. The molecule has 0 radical (unpaired) electrons. The van der Waals surface area contributed by atoms with Gasteiger partial charge in [-0.05, 0) is 0 Å². The third kappa shape index (κ3) is 1.16. The van der Waals surface area contributed by atoms with E-state index in [0.29, 0.717) is 0 Å². The summed E-state index contributed by atoms with van der Waals surface area (Å²) in [4.78, 5) is 0. The van der Waals surface area contributed by atoms with Gasteiger partial charge in [-0.25, -0.2) is 0 Å². The second kappa shape index (κ2) is 3.39. The predicted molar refractivity (Wildman–Crippen MR) is 83.8 cm³/mol. The van der Waals surface area contributed by atoms with Crippen molar-refractivity contribution in [3.63, 3.8) is 0 Å². The van der Waals surface area contributed by atoms with Crippen molar-refractivity contribution in [2.45, 2.75) is 0 Å². The molecule has 4 rings (SSSR count). The molecule has 0 N–H and O–H groups in total. The van der Waals surface area contributed by atoms with Gasteiger partial charge in [0.15, 0.2) is 0 Å². The molecule has 2 aliphatic rings. The molecule has 0 aliphatic carbocycles. The van der Waals surface area contributed by atoms with Crippen LogP contribution in [0.4, 0.5) is 11.4 Å². The van der Waals surface area contributed by atoms with Gasteiger partial charge in [-0.3, -0.25) is 0 Å². The number of anilines is 2. The van der Waals surface area contributed by atoms with Crippen LogP contribution in [0.3, 0.4) is 0 Å². The molecule has 0 fully saturated rings. The van der Waals surface area contributed by atoms with E-state index in [2.05, 4.69) is 28.1 Å². The Kier molecular flexibility index (Phi) is 2.01. The monoisotopic (exact) mass is 288 g/mol. The number of rotatable bonds is 0. The molecule has 2 aromatic carbocycles. The van der Waals surface area contributed by atoms with Gasteiger partial charge in [-0.2, -0.15) is 0 Å². The van der Waals surface area contributed by atoms with Crippen LogP contribution in [0, 0.1) is 0 Å². The Morgan fingerprint density at radius 1 is 0.750 bits per heavy atom. The number of hydrogen-bond donors (Lipinski definition) is 0. The molecule has 0 amide bonds. The summed E-state index contributed by atoms with van der Waals surface area (Å²) in [5, 5.41) is 0. The molecule has 20 heavy (non-hydrogen) atoms. The van der Waals surface area contributed by atoms with E-state index >= 15 is 0 Å². The van der Waals surface area contributed by atoms with E-state index in [4.69, 9.17) is 9.05 Å². The standard InChI is InChI=1S/C15H17N2O2P/c1-16-12-8-4-5-9-13(12)17(2)20(16,3)18-14-10-6-7-11-15(14)19-20/h4-11H,1-3H3. The minimum atomic E-state index is -3.11. The molecule has 0 saturated carbocycles. The van der Waals surface area contributed by atoms with Gasteiger partial charge in [-0.1, -0.05) is 0 Å². The second-order valence-electron chi connectivity index (χ2n) is 5.42. The van der Waals surface area contributed by atoms with Gasteiger partial charge in [0.1, 0.15) is 0 Å². The summed E-state index contributed by atoms with van der Waals surface area (Å²) in [5.41, 5.74) is 2.28. The van der Waals surface area contributed by atoms with E-state index in [1.807, 2.05) is 50.5 Å². The zero-order valence-corrected chi connectivity index (χ0v) is 12.7. The number of benzene rings is 2.